The molecular weight excluding hydrogens is 284 g/mol. The molecule has 1 saturated carbocycles. The summed E-state index contributed by atoms with van der Waals surface area (Å²) in [6.07, 6.45) is 7.75. The van der Waals surface area contributed by atoms with Crippen molar-refractivity contribution in [2.45, 2.75) is 64.6 Å². The molecular formula is C19H32N4. The summed E-state index contributed by atoms with van der Waals surface area (Å²) in [6, 6.07) is 9.14. The van der Waals surface area contributed by atoms with Gasteiger partial charge < -0.3 is 16.0 Å². The van der Waals surface area contributed by atoms with Gasteiger partial charge in [0.1, 0.15) is 0 Å². The van der Waals surface area contributed by atoms with E-state index in [0.29, 0.717) is 18.5 Å². The van der Waals surface area contributed by atoms with Gasteiger partial charge in [-0.1, -0.05) is 56.9 Å². The van der Waals surface area contributed by atoms with Crippen LogP contribution >= 0.6 is 0 Å². The Labute approximate surface area is 141 Å². The van der Waals surface area contributed by atoms with E-state index < -0.39 is 0 Å². The predicted octanol–water partition coefficient (Wildman–Crippen LogP) is 3.27. The van der Waals surface area contributed by atoms with E-state index in [4.69, 9.17) is 5.73 Å². The number of hydrogen-bond acceptors (Lipinski definition) is 2. The van der Waals surface area contributed by atoms with Gasteiger partial charge in [0.25, 0.3) is 0 Å². The van der Waals surface area contributed by atoms with Crippen LogP contribution in [0.5, 0.6) is 0 Å². The molecule has 0 aromatic heterocycles. The van der Waals surface area contributed by atoms with Gasteiger partial charge in [-0.2, -0.15) is 0 Å². The predicted molar refractivity (Wildman–Crippen MR) is 98.4 cm³/mol. The van der Waals surface area contributed by atoms with Crippen molar-refractivity contribution in [3.05, 3.63) is 35.4 Å². The first-order valence-electron chi connectivity index (χ1n) is 9.00. The van der Waals surface area contributed by atoms with Crippen LogP contribution in [0.15, 0.2) is 29.3 Å². The van der Waals surface area contributed by atoms with Crippen molar-refractivity contribution < 1.29 is 0 Å². The summed E-state index contributed by atoms with van der Waals surface area (Å²) in [6.45, 7) is 4.85. The molecule has 0 amide bonds. The minimum atomic E-state index is 0.505. The van der Waals surface area contributed by atoms with Crippen molar-refractivity contribution in [3.63, 3.8) is 0 Å². The number of nitrogens with two attached hydrogens (primary N) is 1. The van der Waals surface area contributed by atoms with Gasteiger partial charge in [0.2, 0.25) is 0 Å². The summed E-state index contributed by atoms with van der Waals surface area (Å²) >= 11 is 0. The molecule has 0 heterocycles. The number of guanidine groups is 1. The Kier molecular flexibility index (Phi) is 7.40. The molecule has 1 aromatic carbocycles. The van der Waals surface area contributed by atoms with Gasteiger partial charge in [0, 0.05) is 12.6 Å². The lowest BCUT2D eigenvalue weighted by molar-refractivity contribution is 0.345. The first-order valence-corrected chi connectivity index (χ1v) is 9.00. The quantitative estimate of drug-likeness (QED) is 0.481. The Morgan fingerprint density at radius 3 is 2.61 bits per heavy atom. The van der Waals surface area contributed by atoms with Crippen molar-refractivity contribution >= 4 is 5.96 Å². The molecule has 128 valence electrons. The van der Waals surface area contributed by atoms with Crippen LogP contribution in [0, 0.1) is 0 Å². The van der Waals surface area contributed by atoms with Crippen molar-refractivity contribution in [3.8, 4) is 0 Å². The monoisotopic (exact) mass is 316 g/mol. The topological polar surface area (TPSA) is 53.6 Å². The third-order valence-electron chi connectivity index (χ3n) is 4.62. The lowest BCUT2D eigenvalue weighted by Crippen LogP contribution is -2.39. The third-order valence-corrected chi connectivity index (χ3v) is 4.62. The Balaban J connectivity index is 1.86. The highest BCUT2D eigenvalue weighted by atomic mass is 15.1. The van der Waals surface area contributed by atoms with Crippen LogP contribution in [-0.4, -0.2) is 30.5 Å². The molecule has 1 aliphatic carbocycles. The van der Waals surface area contributed by atoms with E-state index in [1.165, 1.54) is 49.7 Å². The maximum absolute atomic E-state index is 6.07. The van der Waals surface area contributed by atoms with E-state index in [9.17, 15) is 0 Å². The van der Waals surface area contributed by atoms with E-state index in [1.54, 1.807) is 0 Å². The first-order chi connectivity index (χ1) is 11.2. The van der Waals surface area contributed by atoms with Crippen molar-refractivity contribution in [1.29, 1.82) is 0 Å². The van der Waals surface area contributed by atoms with Gasteiger partial charge in [-0.15, -0.1) is 0 Å². The maximum atomic E-state index is 6.07. The Morgan fingerprint density at radius 2 is 1.91 bits per heavy atom. The van der Waals surface area contributed by atoms with Crippen LogP contribution in [0.3, 0.4) is 0 Å². The third kappa shape index (κ3) is 6.61. The lowest BCUT2D eigenvalue weighted by atomic mass is 10.1. The zero-order chi connectivity index (χ0) is 16.5. The highest BCUT2D eigenvalue weighted by Crippen LogP contribution is 2.17. The number of nitrogens with zero attached hydrogens (tertiary/aromatic N) is 2. The molecule has 23 heavy (non-hydrogen) atoms. The average molecular weight is 316 g/mol. The number of rotatable bonds is 6. The van der Waals surface area contributed by atoms with Crippen molar-refractivity contribution in [2.24, 2.45) is 10.7 Å². The molecule has 2 rings (SSSR count). The molecule has 0 saturated heterocycles. The van der Waals surface area contributed by atoms with Gasteiger partial charge in [-0.25, -0.2) is 4.99 Å². The van der Waals surface area contributed by atoms with E-state index >= 15 is 0 Å². The Hall–Kier alpha value is -1.55. The molecule has 4 heteroatoms. The van der Waals surface area contributed by atoms with Crippen LogP contribution < -0.4 is 11.1 Å². The SMILES string of the molecule is CCN(C)Cc1cccc(CN=C(N)NC2CCCCCC2)c1. The summed E-state index contributed by atoms with van der Waals surface area (Å²) in [5, 5.41) is 3.40. The van der Waals surface area contributed by atoms with Gasteiger partial charge in [0.05, 0.1) is 6.54 Å². The summed E-state index contributed by atoms with van der Waals surface area (Å²) in [5.74, 6) is 0.591. The highest BCUT2D eigenvalue weighted by Gasteiger charge is 2.12. The highest BCUT2D eigenvalue weighted by molar-refractivity contribution is 5.78. The number of hydrogen-bond donors (Lipinski definition) is 2. The largest absolute Gasteiger partial charge is 0.370 e. The average Bonchev–Trinajstić information content (AvgIpc) is 2.82. The molecule has 0 spiro atoms. The molecule has 0 aliphatic heterocycles. The second-order valence-corrected chi connectivity index (χ2v) is 6.68. The molecule has 0 bridgehead atoms. The molecule has 1 aromatic rings. The fourth-order valence-corrected chi connectivity index (χ4v) is 3.10. The van der Waals surface area contributed by atoms with Crippen LogP contribution in [0.2, 0.25) is 0 Å². The smallest absolute Gasteiger partial charge is 0.189 e. The molecule has 1 aliphatic rings. The fourth-order valence-electron chi connectivity index (χ4n) is 3.10. The van der Waals surface area contributed by atoms with Gasteiger partial charge in [-0.3, -0.25) is 0 Å². The molecule has 0 unspecified atom stereocenters. The second-order valence-electron chi connectivity index (χ2n) is 6.68. The minimum absolute atomic E-state index is 0.505. The van der Waals surface area contributed by atoms with E-state index in [2.05, 4.69) is 53.4 Å². The minimum Gasteiger partial charge on any atom is -0.370 e. The first kappa shape index (κ1) is 17.8. The van der Waals surface area contributed by atoms with Gasteiger partial charge in [0.15, 0.2) is 5.96 Å². The molecule has 3 N–H and O–H groups in total. The zero-order valence-corrected chi connectivity index (χ0v) is 14.7. The van der Waals surface area contributed by atoms with E-state index in [-0.39, 0.29) is 0 Å². The normalized spacial score (nSPS) is 17.3. The van der Waals surface area contributed by atoms with Crippen LogP contribution in [0.4, 0.5) is 0 Å². The van der Waals surface area contributed by atoms with Gasteiger partial charge in [-0.05, 0) is 37.6 Å². The summed E-state index contributed by atoms with van der Waals surface area (Å²) in [4.78, 5) is 6.83. The summed E-state index contributed by atoms with van der Waals surface area (Å²) in [5.41, 5.74) is 8.63. The molecule has 4 nitrogen and oxygen atoms in total. The second kappa shape index (κ2) is 9.56. The zero-order valence-electron chi connectivity index (χ0n) is 14.7. The Bertz CT molecular complexity index is 490. The van der Waals surface area contributed by atoms with Crippen LogP contribution in [0.25, 0.3) is 0 Å². The number of nitrogens with one attached hydrogen (secondary N) is 1. The van der Waals surface area contributed by atoms with Crippen molar-refractivity contribution in [1.82, 2.24) is 10.2 Å². The van der Waals surface area contributed by atoms with Gasteiger partial charge >= 0.3 is 0 Å². The molecule has 1 fully saturated rings. The maximum Gasteiger partial charge on any atom is 0.189 e. The summed E-state index contributed by atoms with van der Waals surface area (Å²) in [7, 11) is 2.14. The van der Waals surface area contributed by atoms with Crippen molar-refractivity contribution in [2.75, 3.05) is 13.6 Å². The summed E-state index contributed by atoms with van der Waals surface area (Å²) < 4.78 is 0. The van der Waals surface area contributed by atoms with E-state index in [1.807, 2.05) is 0 Å². The lowest BCUT2D eigenvalue weighted by Gasteiger charge is -2.17. The fraction of sp³-hybridized carbons (Fsp3) is 0.632. The number of aliphatic imine (C=N–C) groups is 1. The van der Waals surface area contributed by atoms with Crippen LogP contribution in [-0.2, 0) is 13.1 Å². The molecule has 0 radical (unpaired) electrons. The Morgan fingerprint density at radius 1 is 1.22 bits per heavy atom. The molecule has 0 atom stereocenters. The number of benzene rings is 1. The van der Waals surface area contributed by atoms with Crippen LogP contribution in [0.1, 0.15) is 56.6 Å². The standard InChI is InChI=1S/C19H32N4/c1-3-23(2)15-17-10-8-9-16(13-17)14-21-19(20)22-18-11-6-4-5-7-12-18/h8-10,13,18H,3-7,11-12,14-15H2,1-2H3,(H3,20,21,22). The van der Waals surface area contributed by atoms with E-state index in [0.717, 1.165) is 13.1 Å².